The Kier molecular flexibility index (Phi) is 3.38. The van der Waals surface area contributed by atoms with Crippen molar-refractivity contribution in [3.8, 4) is 0 Å². The van der Waals surface area contributed by atoms with E-state index in [1.165, 1.54) is 18.4 Å². The summed E-state index contributed by atoms with van der Waals surface area (Å²) in [6, 6.07) is 0. The van der Waals surface area contributed by atoms with Crippen molar-refractivity contribution in [2.45, 2.75) is 63.9 Å². The van der Waals surface area contributed by atoms with Gasteiger partial charge in [0.15, 0.2) is 0 Å². The van der Waals surface area contributed by atoms with Crippen LogP contribution in [0.15, 0.2) is 34.6 Å². The molecule has 0 radical (unpaired) electrons. The van der Waals surface area contributed by atoms with Crippen LogP contribution < -0.4 is 0 Å². The molecule has 1 saturated carbocycles. The van der Waals surface area contributed by atoms with Crippen molar-refractivity contribution in [1.82, 2.24) is 0 Å². The van der Waals surface area contributed by atoms with Gasteiger partial charge in [0, 0.05) is 18.3 Å². The van der Waals surface area contributed by atoms with Crippen LogP contribution in [0.5, 0.6) is 0 Å². The summed E-state index contributed by atoms with van der Waals surface area (Å²) in [5.41, 5.74) is 4.50. The van der Waals surface area contributed by atoms with Crippen molar-refractivity contribution >= 4 is 5.78 Å². The summed E-state index contributed by atoms with van der Waals surface area (Å²) in [5, 5.41) is 0. The summed E-state index contributed by atoms with van der Waals surface area (Å²) < 4.78 is 12.1. The van der Waals surface area contributed by atoms with Gasteiger partial charge in [0.05, 0.1) is 13.7 Å². The molecule has 0 N–H and O–H groups in total. The maximum absolute atomic E-state index is 11.9. The van der Waals surface area contributed by atoms with Crippen LogP contribution in [0.2, 0.25) is 0 Å². The van der Waals surface area contributed by atoms with Crippen molar-refractivity contribution in [2.75, 3.05) is 13.7 Å². The predicted octanol–water partition coefficient (Wildman–Crippen LogP) is 4.49. The molecular formula is C22H28O3. The molecule has 4 atom stereocenters. The lowest BCUT2D eigenvalue weighted by atomic mass is 9.56. The highest BCUT2D eigenvalue weighted by Crippen LogP contribution is 2.66. The topological polar surface area (TPSA) is 35.5 Å². The zero-order valence-corrected chi connectivity index (χ0v) is 15.4. The number of hydrogen-bond acceptors (Lipinski definition) is 3. The van der Waals surface area contributed by atoms with Gasteiger partial charge in [0.2, 0.25) is 0 Å². The van der Waals surface area contributed by atoms with Crippen molar-refractivity contribution in [3.63, 3.8) is 0 Å². The first-order valence-electron chi connectivity index (χ1n) is 9.91. The molecule has 4 aliphatic carbocycles. The smallest absolute Gasteiger partial charge is 0.137 e. The molecule has 5 aliphatic rings. The van der Waals surface area contributed by atoms with Gasteiger partial charge in [-0.1, -0.05) is 18.6 Å². The SMILES string of the molecule is COC1=CCO[C@]12CC[C@H]1[C@@H]3CCC4=C(CCC(=O)C4)C3=CC[C@@]12C. The van der Waals surface area contributed by atoms with Gasteiger partial charge in [-0.25, -0.2) is 0 Å². The number of carbonyl (C=O) groups is 1. The fourth-order valence-corrected chi connectivity index (χ4v) is 6.79. The molecule has 5 rings (SSSR count). The molecular weight excluding hydrogens is 312 g/mol. The zero-order chi connectivity index (χ0) is 17.2. The number of Topliss-reactive ketones (excluding diaryl/α,β-unsaturated/α-hetero) is 1. The van der Waals surface area contributed by atoms with Gasteiger partial charge in [-0.2, -0.15) is 0 Å². The standard InChI is InChI=1S/C22H28O3/c1-21-10-7-17-16-6-4-15(23)13-14(16)3-5-18(17)19(21)8-11-22(21)20(24-2)9-12-25-22/h7,9,18-19H,3-6,8,10-13H2,1-2H3/t18-,19+,21+,22-/m1/s1. The number of ether oxygens (including phenoxy) is 2. The minimum Gasteiger partial charge on any atom is -0.498 e. The number of ketones is 1. The van der Waals surface area contributed by atoms with E-state index in [9.17, 15) is 4.79 Å². The minimum atomic E-state index is -0.217. The summed E-state index contributed by atoms with van der Waals surface area (Å²) >= 11 is 0. The monoisotopic (exact) mass is 340 g/mol. The number of hydrogen-bond donors (Lipinski definition) is 0. The Morgan fingerprint density at radius 1 is 1.20 bits per heavy atom. The second kappa shape index (κ2) is 5.33. The second-order valence-electron chi connectivity index (χ2n) is 8.78. The average Bonchev–Trinajstić information content (AvgIpc) is 3.17. The second-order valence-corrected chi connectivity index (χ2v) is 8.78. The van der Waals surface area contributed by atoms with Crippen LogP contribution in [0.3, 0.4) is 0 Å². The highest BCUT2D eigenvalue weighted by Gasteiger charge is 2.64. The highest BCUT2D eigenvalue weighted by molar-refractivity contribution is 5.83. The molecule has 134 valence electrons. The molecule has 0 aromatic rings. The average molecular weight is 340 g/mol. The molecule has 1 heterocycles. The van der Waals surface area contributed by atoms with E-state index in [4.69, 9.17) is 9.47 Å². The maximum atomic E-state index is 11.9. The van der Waals surface area contributed by atoms with E-state index in [1.54, 1.807) is 18.3 Å². The molecule has 3 nitrogen and oxygen atoms in total. The maximum Gasteiger partial charge on any atom is 0.137 e. The normalized spacial score (nSPS) is 42.7. The lowest BCUT2D eigenvalue weighted by Crippen LogP contribution is -2.50. The highest BCUT2D eigenvalue weighted by atomic mass is 16.6. The molecule has 0 bridgehead atoms. The van der Waals surface area contributed by atoms with Crippen LogP contribution in [0, 0.1) is 17.3 Å². The number of carbonyl (C=O) groups excluding carboxylic acids is 1. The number of fused-ring (bicyclic) bond motifs is 5. The van der Waals surface area contributed by atoms with Gasteiger partial charge in [0.25, 0.3) is 0 Å². The fourth-order valence-electron chi connectivity index (χ4n) is 6.79. The van der Waals surface area contributed by atoms with Gasteiger partial charge >= 0.3 is 0 Å². The third kappa shape index (κ3) is 1.94. The quantitative estimate of drug-likeness (QED) is 0.705. The van der Waals surface area contributed by atoms with Crippen LogP contribution in [-0.2, 0) is 14.3 Å². The van der Waals surface area contributed by atoms with Crippen LogP contribution in [0.4, 0.5) is 0 Å². The zero-order valence-electron chi connectivity index (χ0n) is 15.4. The van der Waals surface area contributed by atoms with Crippen molar-refractivity contribution in [2.24, 2.45) is 17.3 Å². The van der Waals surface area contributed by atoms with Crippen LogP contribution in [0.1, 0.15) is 58.3 Å². The van der Waals surface area contributed by atoms with Gasteiger partial charge < -0.3 is 9.47 Å². The molecule has 0 aromatic heterocycles. The lowest BCUT2D eigenvalue weighted by molar-refractivity contribution is -0.118. The Labute approximate surface area is 150 Å². The fraction of sp³-hybridized carbons (Fsp3) is 0.682. The van der Waals surface area contributed by atoms with E-state index in [0.717, 1.165) is 37.9 Å². The number of allylic oxidation sites excluding steroid dienone is 4. The van der Waals surface area contributed by atoms with Crippen LogP contribution in [-0.4, -0.2) is 25.1 Å². The van der Waals surface area contributed by atoms with E-state index >= 15 is 0 Å². The summed E-state index contributed by atoms with van der Waals surface area (Å²) in [6.07, 6.45) is 12.8. The van der Waals surface area contributed by atoms with Gasteiger partial charge in [-0.15, -0.1) is 0 Å². The van der Waals surface area contributed by atoms with Crippen LogP contribution in [0.25, 0.3) is 0 Å². The van der Waals surface area contributed by atoms with Gasteiger partial charge in [0.1, 0.15) is 17.1 Å². The molecule has 1 spiro atoms. The Balaban J connectivity index is 1.55. The van der Waals surface area contributed by atoms with E-state index in [2.05, 4.69) is 19.1 Å². The molecule has 0 amide bonds. The van der Waals surface area contributed by atoms with E-state index in [0.29, 0.717) is 30.6 Å². The molecule has 1 aliphatic heterocycles. The summed E-state index contributed by atoms with van der Waals surface area (Å²) in [6.45, 7) is 3.12. The van der Waals surface area contributed by atoms with Gasteiger partial charge in [-0.3, -0.25) is 4.79 Å². The molecule has 25 heavy (non-hydrogen) atoms. The molecule has 1 fully saturated rings. The van der Waals surface area contributed by atoms with Gasteiger partial charge in [-0.05, 0) is 67.6 Å². The molecule has 0 saturated heterocycles. The van der Waals surface area contributed by atoms with Crippen molar-refractivity contribution in [3.05, 3.63) is 34.6 Å². The Hall–Kier alpha value is -1.35. The largest absolute Gasteiger partial charge is 0.498 e. The first-order chi connectivity index (χ1) is 12.1. The Morgan fingerprint density at radius 3 is 2.92 bits per heavy atom. The Morgan fingerprint density at radius 2 is 2.08 bits per heavy atom. The molecule has 0 aromatic carbocycles. The number of rotatable bonds is 1. The minimum absolute atomic E-state index is 0.127. The summed E-state index contributed by atoms with van der Waals surface area (Å²) in [7, 11) is 1.79. The van der Waals surface area contributed by atoms with Crippen molar-refractivity contribution < 1.29 is 14.3 Å². The lowest BCUT2D eigenvalue weighted by Gasteiger charge is -2.51. The van der Waals surface area contributed by atoms with Crippen molar-refractivity contribution in [1.29, 1.82) is 0 Å². The molecule has 3 heteroatoms. The predicted molar refractivity (Wildman–Crippen MR) is 95.9 cm³/mol. The van der Waals surface area contributed by atoms with E-state index in [1.807, 2.05) is 0 Å². The molecule has 0 unspecified atom stereocenters. The number of methoxy groups -OCH3 is 1. The summed E-state index contributed by atoms with van der Waals surface area (Å²) in [4.78, 5) is 11.9. The third-order valence-electron chi connectivity index (χ3n) is 7.99. The van der Waals surface area contributed by atoms with E-state index in [-0.39, 0.29) is 11.0 Å². The first kappa shape index (κ1) is 15.9. The van der Waals surface area contributed by atoms with E-state index < -0.39 is 0 Å². The third-order valence-corrected chi connectivity index (χ3v) is 7.99. The Bertz CT molecular complexity index is 728. The van der Waals surface area contributed by atoms with Crippen LogP contribution >= 0.6 is 0 Å². The first-order valence-corrected chi connectivity index (χ1v) is 9.91. The summed E-state index contributed by atoms with van der Waals surface area (Å²) in [5.74, 6) is 2.81.